The van der Waals surface area contributed by atoms with Gasteiger partial charge in [0.25, 0.3) is 5.91 Å². The number of pyridine rings is 1. The van der Waals surface area contributed by atoms with Crippen LogP contribution in [-0.2, 0) is 0 Å². The summed E-state index contributed by atoms with van der Waals surface area (Å²) in [7, 11) is 1.55. The third-order valence-electron chi connectivity index (χ3n) is 1.98. The van der Waals surface area contributed by atoms with E-state index in [4.69, 9.17) is 5.73 Å². The molecule has 0 aliphatic rings. The average molecular weight is 218 g/mol. The van der Waals surface area contributed by atoms with Crippen LogP contribution in [0.25, 0.3) is 5.69 Å². The number of nitrogens with one attached hydrogen (secondary N) is 1. The zero-order valence-electron chi connectivity index (χ0n) is 8.58. The Morgan fingerprint density at radius 2 is 2.31 bits per heavy atom. The molecule has 3 N–H and O–H groups in total. The van der Waals surface area contributed by atoms with Gasteiger partial charge in [-0.25, -0.2) is 9.67 Å². The lowest BCUT2D eigenvalue weighted by atomic mass is 10.3. The summed E-state index contributed by atoms with van der Waals surface area (Å²) < 4.78 is 1.48. The number of nitrogens with two attached hydrogens (primary N) is 1. The Hall–Kier alpha value is -2.44. The first-order valence-electron chi connectivity index (χ1n) is 4.56. The van der Waals surface area contributed by atoms with E-state index in [0.29, 0.717) is 11.4 Å². The molecule has 2 heterocycles. The van der Waals surface area contributed by atoms with Crippen molar-refractivity contribution in [3.05, 3.63) is 30.4 Å². The molecule has 7 nitrogen and oxygen atoms in total. The highest BCUT2D eigenvalue weighted by Gasteiger charge is 2.07. The van der Waals surface area contributed by atoms with Gasteiger partial charge in [-0.15, -0.1) is 5.10 Å². The minimum Gasteiger partial charge on any atom is -0.366 e. The molecular weight excluding hydrogens is 208 g/mol. The quantitative estimate of drug-likeness (QED) is 0.714. The predicted molar refractivity (Wildman–Crippen MR) is 57.0 cm³/mol. The van der Waals surface area contributed by atoms with E-state index in [9.17, 15) is 4.79 Å². The Kier molecular flexibility index (Phi) is 2.50. The molecule has 1 amide bonds. The summed E-state index contributed by atoms with van der Waals surface area (Å²) in [6.45, 7) is 0. The van der Waals surface area contributed by atoms with E-state index in [1.807, 2.05) is 0 Å². The van der Waals surface area contributed by atoms with Crippen LogP contribution in [0.5, 0.6) is 0 Å². The molecule has 0 aliphatic heterocycles. The zero-order chi connectivity index (χ0) is 11.5. The number of aromatic nitrogens is 4. The summed E-state index contributed by atoms with van der Waals surface area (Å²) in [5.41, 5.74) is 6.39. The van der Waals surface area contributed by atoms with Crippen LogP contribution >= 0.6 is 0 Å². The summed E-state index contributed by atoms with van der Waals surface area (Å²) in [5.74, 6) is -0.0757. The van der Waals surface area contributed by atoms with Crippen molar-refractivity contribution in [2.24, 2.45) is 0 Å². The molecule has 0 aliphatic carbocycles. The third kappa shape index (κ3) is 1.83. The van der Waals surface area contributed by atoms with Gasteiger partial charge in [-0.1, -0.05) is 0 Å². The van der Waals surface area contributed by atoms with Crippen LogP contribution < -0.4 is 11.1 Å². The van der Waals surface area contributed by atoms with E-state index >= 15 is 0 Å². The molecule has 0 bridgehead atoms. The zero-order valence-corrected chi connectivity index (χ0v) is 8.58. The first-order chi connectivity index (χ1) is 7.70. The van der Waals surface area contributed by atoms with Gasteiger partial charge in [0.05, 0.1) is 5.69 Å². The minimum absolute atomic E-state index is 0.179. The number of amides is 1. The SMILES string of the molecule is CNC(=O)c1cc(-n2cnc(N)n2)ccn1. The fraction of sp³-hybridized carbons (Fsp3) is 0.111. The Bertz CT molecular complexity index is 520. The number of anilines is 1. The van der Waals surface area contributed by atoms with E-state index in [1.165, 1.54) is 17.2 Å². The Balaban J connectivity index is 2.39. The van der Waals surface area contributed by atoms with Crippen molar-refractivity contribution < 1.29 is 4.79 Å². The van der Waals surface area contributed by atoms with E-state index in [2.05, 4.69) is 20.4 Å². The number of rotatable bonds is 2. The maximum atomic E-state index is 11.4. The van der Waals surface area contributed by atoms with Gasteiger partial charge in [0.2, 0.25) is 5.95 Å². The van der Waals surface area contributed by atoms with Crippen molar-refractivity contribution in [2.45, 2.75) is 0 Å². The highest BCUT2D eigenvalue weighted by Crippen LogP contribution is 2.07. The lowest BCUT2D eigenvalue weighted by Gasteiger charge is -2.02. The number of nitrogen functional groups attached to an aromatic ring is 1. The predicted octanol–water partition coefficient (Wildman–Crippen LogP) is -0.396. The second-order valence-corrected chi connectivity index (χ2v) is 3.03. The molecule has 16 heavy (non-hydrogen) atoms. The third-order valence-corrected chi connectivity index (χ3v) is 1.98. The largest absolute Gasteiger partial charge is 0.366 e. The summed E-state index contributed by atoms with van der Waals surface area (Å²) in [5, 5.41) is 6.42. The lowest BCUT2D eigenvalue weighted by molar-refractivity contribution is 0.0958. The van der Waals surface area contributed by atoms with Crippen LogP contribution in [0.4, 0.5) is 5.95 Å². The van der Waals surface area contributed by atoms with Crippen LogP contribution in [0.15, 0.2) is 24.7 Å². The van der Waals surface area contributed by atoms with Crippen molar-refractivity contribution in [3.8, 4) is 5.69 Å². The Morgan fingerprint density at radius 3 is 2.94 bits per heavy atom. The van der Waals surface area contributed by atoms with Crippen LogP contribution in [0.2, 0.25) is 0 Å². The number of carbonyl (C=O) groups excluding carboxylic acids is 1. The molecule has 0 spiro atoms. The average Bonchev–Trinajstić information content (AvgIpc) is 2.75. The molecule has 2 rings (SSSR count). The lowest BCUT2D eigenvalue weighted by Crippen LogP contribution is -2.19. The van der Waals surface area contributed by atoms with Gasteiger partial charge in [-0.3, -0.25) is 9.78 Å². The summed E-state index contributed by atoms with van der Waals surface area (Å²) in [6, 6.07) is 3.31. The van der Waals surface area contributed by atoms with Crippen molar-refractivity contribution in [1.82, 2.24) is 25.1 Å². The standard InChI is InChI=1S/C9H10N6O/c1-11-8(16)7-4-6(2-3-12-7)15-5-13-9(10)14-15/h2-5H,1H3,(H2,10,14)(H,11,16). The fourth-order valence-corrected chi connectivity index (χ4v) is 1.21. The summed E-state index contributed by atoms with van der Waals surface area (Å²) >= 11 is 0. The van der Waals surface area contributed by atoms with Gasteiger partial charge in [0.15, 0.2) is 0 Å². The monoisotopic (exact) mass is 218 g/mol. The van der Waals surface area contributed by atoms with Crippen LogP contribution in [-0.4, -0.2) is 32.7 Å². The molecule has 82 valence electrons. The molecule has 2 aromatic heterocycles. The molecule has 0 saturated heterocycles. The Morgan fingerprint density at radius 1 is 1.50 bits per heavy atom. The summed E-state index contributed by atoms with van der Waals surface area (Å²) in [6.07, 6.45) is 3.00. The van der Waals surface area contributed by atoms with E-state index in [-0.39, 0.29) is 11.9 Å². The van der Waals surface area contributed by atoms with E-state index < -0.39 is 0 Å². The molecular formula is C9H10N6O. The van der Waals surface area contributed by atoms with Gasteiger partial charge >= 0.3 is 0 Å². The molecule has 2 aromatic rings. The smallest absolute Gasteiger partial charge is 0.269 e. The van der Waals surface area contributed by atoms with Crippen molar-refractivity contribution in [3.63, 3.8) is 0 Å². The van der Waals surface area contributed by atoms with Gasteiger partial charge in [0.1, 0.15) is 12.0 Å². The normalized spacial score (nSPS) is 10.1. The minimum atomic E-state index is -0.255. The van der Waals surface area contributed by atoms with Gasteiger partial charge in [-0.05, 0) is 12.1 Å². The van der Waals surface area contributed by atoms with E-state index in [1.54, 1.807) is 19.2 Å². The molecule has 0 saturated carbocycles. The molecule has 0 unspecified atom stereocenters. The number of carbonyl (C=O) groups is 1. The van der Waals surface area contributed by atoms with Gasteiger partial charge in [0, 0.05) is 13.2 Å². The summed E-state index contributed by atoms with van der Waals surface area (Å²) in [4.78, 5) is 19.1. The maximum Gasteiger partial charge on any atom is 0.269 e. The second-order valence-electron chi connectivity index (χ2n) is 3.03. The molecule has 0 aromatic carbocycles. The molecule has 0 atom stereocenters. The molecule has 7 heteroatoms. The highest BCUT2D eigenvalue weighted by molar-refractivity contribution is 5.92. The van der Waals surface area contributed by atoms with Crippen LogP contribution in [0.3, 0.4) is 0 Å². The molecule has 0 fully saturated rings. The fourth-order valence-electron chi connectivity index (χ4n) is 1.21. The topological polar surface area (TPSA) is 98.7 Å². The van der Waals surface area contributed by atoms with Crippen LogP contribution in [0, 0.1) is 0 Å². The van der Waals surface area contributed by atoms with Crippen molar-refractivity contribution in [2.75, 3.05) is 12.8 Å². The van der Waals surface area contributed by atoms with Crippen LogP contribution in [0.1, 0.15) is 10.5 Å². The Labute approximate surface area is 91.3 Å². The first kappa shape index (κ1) is 10.1. The number of hydrogen-bond acceptors (Lipinski definition) is 5. The van der Waals surface area contributed by atoms with Crippen molar-refractivity contribution >= 4 is 11.9 Å². The van der Waals surface area contributed by atoms with Gasteiger partial charge in [-0.2, -0.15) is 0 Å². The first-order valence-corrected chi connectivity index (χ1v) is 4.56. The number of hydrogen-bond donors (Lipinski definition) is 2. The maximum absolute atomic E-state index is 11.4. The number of nitrogens with zero attached hydrogens (tertiary/aromatic N) is 4. The molecule has 0 radical (unpaired) electrons. The van der Waals surface area contributed by atoms with Gasteiger partial charge < -0.3 is 11.1 Å². The second kappa shape index (κ2) is 3.97. The highest BCUT2D eigenvalue weighted by atomic mass is 16.1. The van der Waals surface area contributed by atoms with Crippen molar-refractivity contribution in [1.29, 1.82) is 0 Å². The van der Waals surface area contributed by atoms with E-state index in [0.717, 1.165) is 0 Å².